The summed E-state index contributed by atoms with van der Waals surface area (Å²) >= 11 is 0. The van der Waals surface area contributed by atoms with Gasteiger partial charge in [0.2, 0.25) is 0 Å². The second-order valence-electron chi connectivity index (χ2n) is 19.7. The molecule has 0 saturated heterocycles. The maximum atomic E-state index is 9.25. The molecule has 79 heavy (non-hydrogen) atoms. The van der Waals surface area contributed by atoms with Crippen LogP contribution in [0.1, 0.15) is 0 Å². The average molecular weight is 1080 g/mol. The maximum absolute atomic E-state index is 9.25. The van der Waals surface area contributed by atoms with Crippen LogP contribution in [0.2, 0.25) is 0 Å². The fourth-order valence-corrected chi connectivity index (χ4v) is 29.8. The minimum absolute atomic E-state index is 0.979. The van der Waals surface area contributed by atoms with Crippen LogP contribution in [0.15, 0.2) is 364 Å². The Morgan fingerprint density at radius 3 is 0.316 bits per heavy atom. The van der Waals surface area contributed by atoms with Crippen LogP contribution in [-0.2, 0) is 13.3 Å². The topological polar surface area (TPSA) is 27.7 Å². The van der Waals surface area contributed by atoms with Gasteiger partial charge in [0.15, 0.2) is 0 Å². The molecule has 0 saturated carbocycles. The third kappa shape index (κ3) is 7.90. The molecule has 0 amide bonds. The van der Waals surface area contributed by atoms with Gasteiger partial charge in [-0.3, -0.25) is 0 Å². The average Bonchev–Trinajstić information content (AvgIpc) is 3.73. The minimum atomic E-state index is -4.77. The van der Waals surface area contributed by atoms with Crippen molar-refractivity contribution in [3.05, 3.63) is 364 Å². The van der Waals surface area contributed by atoms with Crippen molar-refractivity contribution in [1.82, 2.24) is 0 Å². The number of rotatable bonds is 18. The summed E-state index contributed by atoms with van der Waals surface area (Å²) in [4.78, 5) is 0. The van der Waals surface area contributed by atoms with Gasteiger partial charge in [0, 0.05) is 0 Å². The van der Waals surface area contributed by atoms with E-state index in [0.29, 0.717) is 0 Å². The Hall–Kier alpha value is -8.13. The van der Waals surface area contributed by atoms with E-state index in [1.807, 2.05) is 0 Å². The first-order chi connectivity index (χ1) is 39.1. The molecular weight excluding hydrogens is 1020 g/mol. The molecule has 3 nitrogen and oxygen atoms in total. The van der Waals surface area contributed by atoms with Gasteiger partial charge in [-0.25, -0.2) is 0 Å². The van der Waals surface area contributed by atoms with E-state index in [2.05, 4.69) is 364 Å². The first-order valence-corrected chi connectivity index (χ1v) is 33.3. The molecule has 12 aromatic carbocycles. The van der Waals surface area contributed by atoms with E-state index >= 15 is 0 Å². The van der Waals surface area contributed by atoms with Gasteiger partial charge < -0.3 is 0 Å². The first kappa shape index (κ1) is 51.6. The van der Waals surface area contributed by atoms with Gasteiger partial charge >= 0.3 is 469 Å². The Kier molecular flexibility index (Phi) is 14.1. The van der Waals surface area contributed by atoms with Crippen LogP contribution in [-0.4, -0.2) is 7.32 Å². The van der Waals surface area contributed by atoms with Gasteiger partial charge in [-0.15, -0.1) is 0 Å². The Morgan fingerprint density at radius 1 is 0.139 bits per heavy atom. The molecule has 0 N–H and O–H groups in total. The van der Waals surface area contributed by atoms with Crippen LogP contribution in [0.25, 0.3) is 0 Å². The zero-order chi connectivity index (χ0) is 53.4. The van der Waals surface area contributed by atoms with E-state index < -0.39 is 27.8 Å². The van der Waals surface area contributed by atoms with Gasteiger partial charge in [-0.2, -0.15) is 0 Å². The molecule has 0 unspecified atom stereocenters. The van der Waals surface area contributed by atoms with Crippen LogP contribution in [0.3, 0.4) is 0 Å². The Balaban J connectivity index is 1.36. The standard InChI is InChI=1S/C72H60BO3P3/c1-13-37-61(38-14-1)77(62-39-15-2-16-40-62,63-41-17-3-18-42-63,64-43-19-4-20-44-64)74-73(75-78(65-45-21-5-22-46-65,66-47-23-6-24-48-66,67-49-25-7-26-50-67)68-51-27-8-28-52-68)76-79(69-53-29-9-30-54-69,70-55-31-10-32-56-70,71-57-33-11-34-58-71)72-59-35-12-36-60-72/h1-60H. The van der Waals surface area contributed by atoms with Gasteiger partial charge in [0.05, 0.1) is 0 Å². The second-order valence-corrected chi connectivity index (χ2v) is 32.8. The SMILES string of the molecule is c1ccc(P(OB(OP(c2ccccc2)(c2ccccc2)(c2ccccc2)c2ccccc2)OP(c2ccccc2)(c2ccccc2)(c2ccccc2)c2ccccc2)(c2ccccc2)(c2ccccc2)c2ccccc2)cc1. The van der Waals surface area contributed by atoms with Gasteiger partial charge in [0.1, 0.15) is 0 Å². The van der Waals surface area contributed by atoms with Gasteiger partial charge in [-0.05, 0) is 0 Å². The van der Waals surface area contributed by atoms with Crippen molar-refractivity contribution in [2.75, 3.05) is 0 Å². The molecule has 0 aliphatic heterocycles. The Labute approximate surface area is 466 Å². The van der Waals surface area contributed by atoms with Crippen LogP contribution in [0, 0.1) is 0 Å². The Bertz CT molecular complexity index is 2960. The molecule has 0 fully saturated rings. The molecule has 0 bridgehead atoms. The van der Waals surface area contributed by atoms with Crippen molar-refractivity contribution in [3.63, 3.8) is 0 Å². The molecule has 0 spiro atoms. The molecule has 7 heteroatoms. The van der Waals surface area contributed by atoms with E-state index in [1.165, 1.54) is 0 Å². The molecule has 0 aliphatic rings. The second kappa shape index (κ2) is 21.6. The molecule has 0 atom stereocenters. The Morgan fingerprint density at radius 2 is 0.228 bits per heavy atom. The summed E-state index contributed by atoms with van der Waals surface area (Å²) in [5.41, 5.74) is 0. The molecule has 0 heterocycles. The summed E-state index contributed by atoms with van der Waals surface area (Å²) in [6, 6.07) is 130. The number of hydrogen-bond acceptors (Lipinski definition) is 3. The monoisotopic (exact) mass is 1080 g/mol. The van der Waals surface area contributed by atoms with E-state index in [-0.39, 0.29) is 0 Å². The van der Waals surface area contributed by atoms with E-state index in [1.54, 1.807) is 0 Å². The van der Waals surface area contributed by atoms with Crippen molar-refractivity contribution in [2.24, 2.45) is 0 Å². The first-order valence-electron chi connectivity index (χ1n) is 26.9. The summed E-state index contributed by atoms with van der Waals surface area (Å²) in [6.45, 7) is -14.3. The summed E-state index contributed by atoms with van der Waals surface area (Å²) in [6.07, 6.45) is 0. The van der Waals surface area contributed by atoms with Crippen molar-refractivity contribution in [3.8, 4) is 0 Å². The summed E-state index contributed by atoms with van der Waals surface area (Å²) in [5.74, 6) is 0. The van der Waals surface area contributed by atoms with Crippen molar-refractivity contribution < 1.29 is 13.3 Å². The van der Waals surface area contributed by atoms with Crippen LogP contribution < -0.4 is 63.7 Å². The van der Waals surface area contributed by atoms with E-state index in [4.69, 9.17) is 0 Å². The molecular formula is C72H60BO3P3. The quantitative estimate of drug-likeness (QED) is 0.0633. The molecule has 0 aliphatic carbocycles. The van der Waals surface area contributed by atoms with E-state index in [9.17, 15) is 13.3 Å². The zero-order valence-electron chi connectivity index (χ0n) is 43.8. The fourth-order valence-electron chi connectivity index (χ4n) is 12.5. The summed E-state index contributed by atoms with van der Waals surface area (Å²) < 4.78 is 27.8. The van der Waals surface area contributed by atoms with Crippen molar-refractivity contribution in [1.29, 1.82) is 0 Å². The number of benzene rings is 12. The van der Waals surface area contributed by atoms with Crippen LogP contribution in [0.5, 0.6) is 0 Å². The molecule has 12 aromatic rings. The van der Waals surface area contributed by atoms with Crippen LogP contribution in [0.4, 0.5) is 0 Å². The zero-order valence-corrected chi connectivity index (χ0v) is 46.5. The van der Waals surface area contributed by atoms with Gasteiger partial charge in [-0.1, -0.05) is 0 Å². The van der Waals surface area contributed by atoms with Crippen molar-refractivity contribution >= 4 is 91.5 Å². The fraction of sp³-hybridized carbons (Fsp3) is 0. The molecule has 12 rings (SSSR count). The normalized spacial score (nSPS) is 13.3. The summed E-state index contributed by atoms with van der Waals surface area (Å²) in [5, 5.41) is 11.8. The van der Waals surface area contributed by atoms with Crippen LogP contribution >= 0.6 is 20.5 Å². The predicted octanol–water partition coefficient (Wildman–Crippen LogP) is 12.3. The summed E-state index contributed by atoms with van der Waals surface area (Å²) in [7, 11) is -1.56. The molecule has 0 radical (unpaired) electrons. The predicted molar refractivity (Wildman–Crippen MR) is 343 cm³/mol. The third-order valence-electron chi connectivity index (χ3n) is 15.9. The third-order valence-corrected chi connectivity index (χ3v) is 33.1. The number of hydrogen-bond donors (Lipinski definition) is 0. The molecule has 384 valence electrons. The van der Waals surface area contributed by atoms with E-state index in [0.717, 1.165) is 63.7 Å². The van der Waals surface area contributed by atoms with Crippen molar-refractivity contribution in [2.45, 2.75) is 0 Å². The van der Waals surface area contributed by atoms with Gasteiger partial charge in [0.25, 0.3) is 0 Å². The molecule has 0 aromatic heterocycles.